The highest BCUT2D eigenvalue weighted by Crippen LogP contribution is 2.38. The number of aryl methyl sites for hydroxylation is 1. The first-order valence-corrected chi connectivity index (χ1v) is 9.36. The van der Waals surface area contributed by atoms with Gasteiger partial charge in [0.1, 0.15) is 6.61 Å². The van der Waals surface area contributed by atoms with E-state index in [2.05, 4.69) is 10.1 Å². The molecule has 7 heteroatoms. The number of aromatic nitrogens is 2. The third kappa shape index (κ3) is 3.37. The maximum Gasteiger partial charge on any atom is 0.264 e. The summed E-state index contributed by atoms with van der Waals surface area (Å²) in [7, 11) is 0. The van der Waals surface area contributed by atoms with Gasteiger partial charge in [0.25, 0.3) is 11.8 Å². The number of amides is 1. The number of ether oxygens (including phenoxy) is 1. The van der Waals surface area contributed by atoms with E-state index < -0.39 is 0 Å². The molecule has 2 aliphatic rings. The molecule has 1 atom stereocenters. The molecule has 1 unspecified atom stereocenters. The Morgan fingerprint density at radius 3 is 3.08 bits per heavy atom. The van der Waals surface area contributed by atoms with E-state index in [0.29, 0.717) is 25.0 Å². The smallest absolute Gasteiger partial charge is 0.264 e. The Balaban J connectivity index is 1.32. The van der Waals surface area contributed by atoms with Crippen molar-refractivity contribution >= 4 is 17.2 Å². The van der Waals surface area contributed by atoms with Crippen molar-refractivity contribution in [1.29, 1.82) is 0 Å². The Morgan fingerprint density at radius 1 is 1.46 bits per heavy atom. The van der Waals surface area contributed by atoms with E-state index in [9.17, 15) is 4.79 Å². The van der Waals surface area contributed by atoms with Crippen molar-refractivity contribution in [2.75, 3.05) is 13.1 Å². The van der Waals surface area contributed by atoms with Crippen LogP contribution in [0.5, 0.6) is 0 Å². The van der Waals surface area contributed by atoms with Crippen LogP contribution in [0, 0.1) is 6.92 Å². The highest BCUT2D eigenvalue weighted by Gasteiger charge is 2.30. The minimum atomic E-state index is 0.0271. The fourth-order valence-corrected chi connectivity index (χ4v) is 3.91. The molecule has 2 aromatic rings. The van der Waals surface area contributed by atoms with Crippen LogP contribution in [0.25, 0.3) is 0 Å². The lowest BCUT2D eigenvalue weighted by Gasteiger charge is -2.32. The minimum absolute atomic E-state index is 0.0271. The normalized spacial score (nSPS) is 21.2. The van der Waals surface area contributed by atoms with Crippen molar-refractivity contribution in [2.45, 2.75) is 51.2 Å². The Kier molecular flexibility index (Phi) is 4.37. The number of hydrogen-bond donors (Lipinski definition) is 0. The number of likely N-dealkylation sites (tertiary alicyclic amines) is 1. The zero-order valence-electron chi connectivity index (χ0n) is 13.7. The van der Waals surface area contributed by atoms with Crippen molar-refractivity contribution in [3.05, 3.63) is 33.6 Å². The first-order chi connectivity index (χ1) is 11.7. The van der Waals surface area contributed by atoms with Crippen LogP contribution in [0.1, 0.15) is 58.6 Å². The minimum Gasteiger partial charge on any atom is -0.367 e. The van der Waals surface area contributed by atoms with Gasteiger partial charge in [0.05, 0.1) is 11.0 Å². The van der Waals surface area contributed by atoms with Gasteiger partial charge < -0.3 is 14.2 Å². The van der Waals surface area contributed by atoms with E-state index in [-0.39, 0.29) is 12.0 Å². The van der Waals surface area contributed by atoms with Crippen molar-refractivity contribution < 1.29 is 14.1 Å². The van der Waals surface area contributed by atoms with Crippen LogP contribution in [0.3, 0.4) is 0 Å². The van der Waals surface area contributed by atoms with Crippen LogP contribution in [0.4, 0.5) is 0 Å². The summed E-state index contributed by atoms with van der Waals surface area (Å²) >= 11 is 1.51. The van der Waals surface area contributed by atoms with Crippen LogP contribution in [0.15, 0.2) is 16.0 Å². The summed E-state index contributed by atoms with van der Waals surface area (Å²) in [6, 6.07) is 1.99. The fraction of sp³-hybridized carbons (Fsp3) is 0.588. The molecule has 128 valence electrons. The largest absolute Gasteiger partial charge is 0.367 e. The van der Waals surface area contributed by atoms with Crippen LogP contribution in [-0.2, 0) is 11.3 Å². The quantitative estimate of drug-likeness (QED) is 0.831. The topological polar surface area (TPSA) is 68.5 Å². The van der Waals surface area contributed by atoms with Gasteiger partial charge in [0.2, 0.25) is 0 Å². The summed E-state index contributed by atoms with van der Waals surface area (Å²) < 4.78 is 11.2. The van der Waals surface area contributed by atoms with Gasteiger partial charge in [-0.1, -0.05) is 5.16 Å². The molecule has 0 radical (unpaired) electrons. The summed E-state index contributed by atoms with van der Waals surface area (Å²) in [5.41, 5.74) is 1.05. The van der Waals surface area contributed by atoms with Crippen LogP contribution in [-0.4, -0.2) is 40.1 Å². The Labute approximate surface area is 144 Å². The molecule has 2 fully saturated rings. The van der Waals surface area contributed by atoms with E-state index in [0.717, 1.165) is 48.5 Å². The molecule has 2 aromatic heterocycles. The molecule has 0 N–H and O–H groups in total. The van der Waals surface area contributed by atoms with E-state index in [1.807, 2.05) is 23.3 Å². The highest BCUT2D eigenvalue weighted by molar-refractivity contribution is 7.12. The predicted molar refractivity (Wildman–Crippen MR) is 89.0 cm³/mol. The Hall–Kier alpha value is -1.73. The monoisotopic (exact) mass is 347 g/mol. The number of rotatable bonds is 5. The molecule has 4 rings (SSSR count). The third-order valence-electron chi connectivity index (χ3n) is 4.59. The lowest BCUT2D eigenvalue weighted by Crippen LogP contribution is -2.43. The molecule has 1 saturated heterocycles. The lowest BCUT2D eigenvalue weighted by molar-refractivity contribution is -0.0152. The average Bonchev–Trinajstić information content (AvgIpc) is 3.19. The van der Waals surface area contributed by atoms with Crippen LogP contribution >= 0.6 is 11.3 Å². The van der Waals surface area contributed by atoms with E-state index in [4.69, 9.17) is 9.26 Å². The van der Waals surface area contributed by atoms with Gasteiger partial charge in [0.15, 0.2) is 5.82 Å². The molecule has 0 aromatic carbocycles. The maximum absolute atomic E-state index is 12.6. The summed E-state index contributed by atoms with van der Waals surface area (Å²) in [6.45, 7) is 3.72. The van der Waals surface area contributed by atoms with Gasteiger partial charge in [-0.15, -0.1) is 11.3 Å². The lowest BCUT2D eigenvalue weighted by atomic mass is 10.1. The van der Waals surface area contributed by atoms with Crippen molar-refractivity contribution in [1.82, 2.24) is 15.0 Å². The highest BCUT2D eigenvalue weighted by atomic mass is 32.1. The summed E-state index contributed by atoms with van der Waals surface area (Å²) in [5.74, 6) is 1.95. The average molecular weight is 347 g/mol. The molecule has 3 heterocycles. The fourth-order valence-electron chi connectivity index (χ4n) is 3.02. The molecule has 1 amide bonds. The number of piperidine rings is 1. The number of hydrogen-bond acceptors (Lipinski definition) is 6. The summed E-state index contributed by atoms with van der Waals surface area (Å²) in [4.78, 5) is 19.7. The number of nitrogens with zero attached hydrogens (tertiary/aromatic N) is 3. The molecule has 1 saturated carbocycles. The number of carbonyl (C=O) groups is 1. The van der Waals surface area contributed by atoms with E-state index >= 15 is 0 Å². The number of carbonyl (C=O) groups excluding carboxylic acids is 1. The van der Waals surface area contributed by atoms with Crippen molar-refractivity contribution in [2.24, 2.45) is 0 Å². The molecular weight excluding hydrogens is 326 g/mol. The molecular formula is C17H21N3O3S. The Morgan fingerprint density at radius 2 is 2.33 bits per heavy atom. The summed E-state index contributed by atoms with van der Waals surface area (Å²) in [5, 5.41) is 5.97. The SMILES string of the molecule is Cc1ccsc1C(=O)N1CCCC(OCc2nc(C3CC3)no2)C1. The van der Waals surface area contributed by atoms with E-state index in [1.54, 1.807) is 0 Å². The molecule has 6 nitrogen and oxygen atoms in total. The van der Waals surface area contributed by atoms with Crippen LogP contribution in [0.2, 0.25) is 0 Å². The van der Waals surface area contributed by atoms with Gasteiger partial charge in [-0.3, -0.25) is 4.79 Å². The number of thiophene rings is 1. The first kappa shape index (κ1) is 15.8. The second kappa shape index (κ2) is 6.64. The second-order valence-electron chi connectivity index (χ2n) is 6.58. The molecule has 1 aliphatic heterocycles. The Bertz CT molecular complexity index is 722. The predicted octanol–water partition coefficient (Wildman–Crippen LogP) is 3.14. The van der Waals surface area contributed by atoms with Crippen LogP contribution < -0.4 is 0 Å². The first-order valence-electron chi connectivity index (χ1n) is 8.48. The molecule has 0 spiro atoms. The van der Waals surface area contributed by atoms with Gasteiger partial charge in [0, 0.05) is 19.0 Å². The molecule has 24 heavy (non-hydrogen) atoms. The second-order valence-corrected chi connectivity index (χ2v) is 7.50. The van der Waals surface area contributed by atoms with Crippen molar-refractivity contribution in [3.63, 3.8) is 0 Å². The molecule has 0 bridgehead atoms. The maximum atomic E-state index is 12.6. The molecule has 1 aliphatic carbocycles. The third-order valence-corrected chi connectivity index (χ3v) is 5.59. The van der Waals surface area contributed by atoms with Gasteiger partial charge in [-0.2, -0.15) is 4.98 Å². The summed E-state index contributed by atoms with van der Waals surface area (Å²) in [6.07, 6.45) is 4.25. The van der Waals surface area contributed by atoms with Gasteiger partial charge >= 0.3 is 0 Å². The van der Waals surface area contributed by atoms with Gasteiger partial charge in [-0.25, -0.2) is 0 Å². The zero-order valence-corrected chi connectivity index (χ0v) is 14.6. The zero-order chi connectivity index (χ0) is 16.5. The standard InChI is InChI=1S/C17H21N3O3S/c1-11-6-8-24-15(11)17(21)20-7-2-3-13(9-20)22-10-14-18-16(19-23-14)12-4-5-12/h6,8,12-13H,2-5,7,9-10H2,1H3. The van der Waals surface area contributed by atoms with Gasteiger partial charge in [-0.05, 0) is 49.6 Å². The van der Waals surface area contributed by atoms with Crippen molar-refractivity contribution in [3.8, 4) is 0 Å². The van der Waals surface area contributed by atoms with E-state index in [1.165, 1.54) is 11.3 Å².